The molecular formula is C10H6F3IN2O. The van der Waals surface area contributed by atoms with Crippen LogP contribution in [0.1, 0.15) is 12.0 Å². The highest BCUT2D eigenvalue weighted by Crippen LogP contribution is 2.32. The van der Waals surface area contributed by atoms with Crippen LogP contribution in [0.4, 0.5) is 18.9 Å². The molecule has 1 rings (SSSR count). The van der Waals surface area contributed by atoms with Crippen molar-refractivity contribution in [1.82, 2.24) is 0 Å². The first-order valence-electron chi connectivity index (χ1n) is 4.38. The van der Waals surface area contributed by atoms with Crippen molar-refractivity contribution in [2.75, 3.05) is 5.32 Å². The van der Waals surface area contributed by atoms with Gasteiger partial charge < -0.3 is 5.32 Å². The molecule has 90 valence electrons. The molecule has 0 saturated heterocycles. The molecule has 0 atom stereocenters. The van der Waals surface area contributed by atoms with Gasteiger partial charge in [-0.1, -0.05) is 0 Å². The zero-order valence-electron chi connectivity index (χ0n) is 8.31. The monoisotopic (exact) mass is 354 g/mol. The van der Waals surface area contributed by atoms with E-state index in [0.717, 1.165) is 12.1 Å². The van der Waals surface area contributed by atoms with Gasteiger partial charge >= 0.3 is 6.18 Å². The lowest BCUT2D eigenvalue weighted by molar-refractivity contribution is -0.137. The number of nitrogens with one attached hydrogen (secondary N) is 1. The molecule has 0 aliphatic rings. The molecule has 0 aliphatic heterocycles. The third-order valence-corrected chi connectivity index (χ3v) is 2.70. The molecule has 0 aliphatic carbocycles. The first-order valence-corrected chi connectivity index (χ1v) is 5.46. The fraction of sp³-hybridized carbons (Fsp3) is 0.200. The van der Waals surface area contributed by atoms with E-state index in [4.69, 9.17) is 5.26 Å². The van der Waals surface area contributed by atoms with E-state index >= 15 is 0 Å². The van der Waals surface area contributed by atoms with Gasteiger partial charge in [0.05, 0.1) is 17.3 Å². The van der Waals surface area contributed by atoms with Crippen LogP contribution in [0.3, 0.4) is 0 Å². The number of nitriles is 1. The number of amides is 1. The molecule has 1 aromatic rings. The molecule has 0 aromatic heterocycles. The Kier molecular flexibility index (Phi) is 4.34. The van der Waals surface area contributed by atoms with Crippen LogP contribution >= 0.6 is 22.6 Å². The molecule has 1 N–H and O–H groups in total. The average Bonchev–Trinajstić information content (AvgIpc) is 2.20. The molecule has 17 heavy (non-hydrogen) atoms. The smallest absolute Gasteiger partial charge is 0.324 e. The second-order valence-electron chi connectivity index (χ2n) is 3.08. The molecule has 3 nitrogen and oxygen atoms in total. The standard InChI is InChI=1S/C10H6F3IN2O/c11-10(12,13)6-1-2-8(7(14)5-6)16-9(17)3-4-15/h1-2,5H,3H2,(H,16,17). The van der Waals surface area contributed by atoms with Gasteiger partial charge in [0.2, 0.25) is 5.91 Å². The van der Waals surface area contributed by atoms with Crippen LogP contribution in [0, 0.1) is 14.9 Å². The molecule has 0 bridgehead atoms. The Morgan fingerprint density at radius 3 is 2.59 bits per heavy atom. The minimum absolute atomic E-state index is 0.263. The topological polar surface area (TPSA) is 52.9 Å². The number of alkyl halides is 3. The van der Waals surface area contributed by atoms with E-state index in [0.29, 0.717) is 0 Å². The summed E-state index contributed by atoms with van der Waals surface area (Å²) < 4.78 is 37.3. The van der Waals surface area contributed by atoms with E-state index < -0.39 is 17.6 Å². The largest absolute Gasteiger partial charge is 0.416 e. The molecule has 0 spiro atoms. The molecular weight excluding hydrogens is 348 g/mol. The highest BCUT2D eigenvalue weighted by Gasteiger charge is 2.30. The Bertz CT molecular complexity index is 479. The summed E-state index contributed by atoms with van der Waals surface area (Å²) in [5.41, 5.74) is -0.515. The van der Waals surface area contributed by atoms with Crippen molar-refractivity contribution in [2.45, 2.75) is 12.6 Å². The summed E-state index contributed by atoms with van der Waals surface area (Å²) in [6.07, 6.45) is -4.74. The highest BCUT2D eigenvalue weighted by atomic mass is 127. The second kappa shape index (κ2) is 5.35. The normalized spacial score (nSPS) is 10.8. The van der Waals surface area contributed by atoms with Gasteiger partial charge in [-0.15, -0.1) is 0 Å². The molecule has 0 saturated carbocycles. The number of halogens is 4. The van der Waals surface area contributed by atoms with Gasteiger partial charge in [0.15, 0.2) is 0 Å². The van der Waals surface area contributed by atoms with Crippen LogP contribution in [-0.2, 0) is 11.0 Å². The highest BCUT2D eigenvalue weighted by molar-refractivity contribution is 14.1. The SMILES string of the molecule is N#CCC(=O)Nc1ccc(C(F)(F)F)cc1I. The maximum absolute atomic E-state index is 12.3. The third-order valence-electron chi connectivity index (χ3n) is 1.81. The molecule has 0 heterocycles. The Labute approximate surface area is 109 Å². The molecule has 0 radical (unpaired) electrons. The van der Waals surface area contributed by atoms with Crippen molar-refractivity contribution >= 4 is 34.2 Å². The van der Waals surface area contributed by atoms with Gasteiger partial charge in [-0.05, 0) is 40.8 Å². The summed E-state index contributed by atoms with van der Waals surface area (Å²) in [6, 6.07) is 4.63. The first-order chi connectivity index (χ1) is 7.84. The summed E-state index contributed by atoms with van der Waals surface area (Å²) in [4.78, 5) is 11.1. The Balaban J connectivity index is 2.92. The van der Waals surface area contributed by atoms with Gasteiger partial charge in [0.25, 0.3) is 0 Å². The quantitative estimate of drug-likeness (QED) is 0.830. The second-order valence-corrected chi connectivity index (χ2v) is 4.24. The number of hydrogen-bond donors (Lipinski definition) is 1. The van der Waals surface area contributed by atoms with Crippen LogP contribution in [0.15, 0.2) is 18.2 Å². The number of benzene rings is 1. The van der Waals surface area contributed by atoms with E-state index in [9.17, 15) is 18.0 Å². The van der Waals surface area contributed by atoms with E-state index in [-0.39, 0.29) is 15.7 Å². The molecule has 1 amide bonds. The molecule has 0 fully saturated rings. The van der Waals surface area contributed by atoms with Crippen molar-refractivity contribution in [2.24, 2.45) is 0 Å². The van der Waals surface area contributed by atoms with Gasteiger partial charge in [-0.2, -0.15) is 18.4 Å². The maximum Gasteiger partial charge on any atom is 0.416 e. The van der Waals surface area contributed by atoms with Crippen LogP contribution in [0.5, 0.6) is 0 Å². The number of carbonyl (C=O) groups excluding carboxylic acids is 1. The zero-order valence-corrected chi connectivity index (χ0v) is 10.5. The number of hydrogen-bond acceptors (Lipinski definition) is 2. The van der Waals surface area contributed by atoms with Crippen LogP contribution in [0.2, 0.25) is 0 Å². The lowest BCUT2D eigenvalue weighted by Crippen LogP contribution is -2.12. The van der Waals surface area contributed by atoms with Gasteiger partial charge in [-0.3, -0.25) is 4.79 Å². The van der Waals surface area contributed by atoms with Crippen LogP contribution < -0.4 is 5.32 Å². The lowest BCUT2D eigenvalue weighted by Gasteiger charge is -2.10. The van der Waals surface area contributed by atoms with Crippen molar-refractivity contribution < 1.29 is 18.0 Å². The maximum atomic E-state index is 12.3. The number of rotatable bonds is 2. The predicted octanol–water partition coefficient (Wildman–Crippen LogP) is 3.16. The van der Waals surface area contributed by atoms with E-state index in [1.165, 1.54) is 6.07 Å². The van der Waals surface area contributed by atoms with Crippen LogP contribution in [0.25, 0.3) is 0 Å². The Hall–Kier alpha value is -1.30. The lowest BCUT2D eigenvalue weighted by atomic mass is 10.2. The number of carbonyl (C=O) groups is 1. The molecule has 1 aromatic carbocycles. The summed E-state index contributed by atoms with van der Waals surface area (Å²) in [6.45, 7) is 0. The minimum Gasteiger partial charge on any atom is -0.324 e. The minimum atomic E-state index is -4.41. The van der Waals surface area contributed by atoms with Crippen LogP contribution in [-0.4, -0.2) is 5.91 Å². The van der Waals surface area contributed by atoms with Crippen molar-refractivity contribution in [1.29, 1.82) is 5.26 Å². The summed E-state index contributed by atoms with van der Waals surface area (Å²) in [5.74, 6) is -0.551. The van der Waals surface area contributed by atoms with E-state index in [1.807, 2.05) is 0 Å². The predicted molar refractivity (Wildman–Crippen MR) is 63.0 cm³/mol. The fourth-order valence-corrected chi connectivity index (χ4v) is 1.71. The third kappa shape index (κ3) is 3.89. The van der Waals surface area contributed by atoms with Crippen molar-refractivity contribution in [3.05, 3.63) is 27.3 Å². The van der Waals surface area contributed by atoms with Gasteiger partial charge in [0.1, 0.15) is 6.42 Å². The summed E-state index contributed by atoms with van der Waals surface area (Å²) >= 11 is 1.69. The van der Waals surface area contributed by atoms with Crippen molar-refractivity contribution in [3.63, 3.8) is 0 Å². The Morgan fingerprint density at radius 2 is 2.12 bits per heavy atom. The molecule has 7 heteroatoms. The van der Waals surface area contributed by atoms with Crippen molar-refractivity contribution in [3.8, 4) is 6.07 Å². The molecule has 0 unspecified atom stereocenters. The van der Waals surface area contributed by atoms with Gasteiger partial charge in [0, 0.05) is 3.57 Å². The number of anilines is 1. The summed E-state index contributed by atoms with van der Waals surface area (Å²) in [5, 5.41) is 10.6. The average molecular weight is 354 g/mol. The van der Waals surface area contributed by atoms with E-state index in [1.54, 1.807) is 28.7 Å². The number of nitrogens with zero attached hydrogens (tertiary/aromatic N) is 1. The zero-order chi connectivity index (χ0) is 13.1. The first kappa shape index (κ1) is 13.8. The Morgan fingerprint density at radius 1 is 1.47 bits per heavy atom. The van der Waals surface area contributed by atoms with Gasteiger partial charge in [-0.25, -0.2) is 0 Å². The fourth-order valence-electron chi connectivity index (χ4n) is 1.06. The summed E-state index contributed by atoms with van der Waals surface area (Å²) in [7, 11) is 0. The van der Waals surface area contributed by atoms with E-state index in [2.05, 4.69) is 5.32 Å².